The third-order valence-electron chi connectivity index (χ3n) is 4.58. The van der Waals surface area contributed by atoms with Crippen molar-refractivity contribution in [2.45, 2.75) is 31.2 Å². The molecule has 3 amide bonds. The number of rotatable bonds is 4. The van der Waals surface area contributed by atoms with Crippen LogP contribution < -0.4 is 15.5 Å². The van der Waals surface area contributed by atoms with Gasteiger partial charge in [0.1, 0.15) is 5.54 Å². The first-order chi connectivity index (χ1) is 11.4. The smallest absolute Gasteiger partial charge is 0.329 e. The van der Waals surface area contributed by atoms with Crippen LogP contribution in [0.2, 0.25) is 5.02 Å². The van der Waals surface area contributed by atoms with Crippen LogP contribution in [0.3, 0.4) is 0 Å². The van der Waals surface area contributed by atoms with E-state index in [-0.39, 0.29) is 11.6 Å². The van der Waals surface area contributed by atoms with Crippen molar-refractivity contribution in [3.8, 4) is 0 Å². The van der Waals surface area contributed by atoms with Crippen LogP contribution in [0, 0.1) is 0 Å². The number of aliphatic carboxylic acids is 1. The van der Waals surface area contributed by atoms with Gasteiger partial charge in [-0.05, 0) is 31.0 Å². The highest BCUT2D eigenvalue weighted by Crippen LogP contribution is 2.32. The lowest BCUT2D eigenvalue weighted by atomic mass is 9.97. The predicted molar refractivity (Wildman–Crippen MR) is 88.5 cm³/mol. The van der Waals surface area contributed by atoms with Gasteiger partial charge in [-0.3, -0.25) is 9.69 Å². The summed E-state index contributed by atoms with van der Waals surface area (Å²) in [4.78, 5) is 37.4. The van der Waals surface area contributed by atoms with Crippen LogP contribution in [0.25, 0.3) is 0 Å². The molecule has 1 aromatic rings. The summed E-state index contributed by atoms with van der Waals surface area (Å²) in [6.07, 6.45) is 2.38. The van der Waals surface area contributed by atoms with E-state index in [1.807, 2.05) is 0 Å². The zero-order valence-corrected chi connectivity index (χ0v) is 13.7. The number of urea groups is 1. The van der Waals surface area contributed by atoms with Gasteiger partial charge in [-0.2, -0.15) is 0 Å². The first kappa shape index (κ1) is 16.6. The van der Waals surface area contributed by atoms with Gasteiger partial charge in [-0.25, -0.2) is 9.59 Å². The minimum atomic E-state index is -1.21. The van der Waals surface area contributed by atoms with E-state index in [2.05, 4.69) is 10.6 Å². The number of hydrogen-bond acceptors (Lipinski definition) is 3. The molecule has 128 valence electrons. The van der Waals surface area contributed by atoms with Gasteiger partial charge in [-0.15, -0.1) is 0 Å². The van der Waals surface area contributed by atoms with Gasteiger partial charge >= 0.3 is 12.0 Å². The molecule has 8 heteroatoms. The molecular weight excluding hydrogens is 334 g/mol. The zero-order valence-electron chi connectivity index (χ0n) is 13.0. The average molecular weight is 352 g/mol. The van der Waals surface area contributed by atoms with Gasteiger partial charge in [0.05, 0.1) is 10.7 Å². The largest absolute Gasteiger partial charge is 0.480 e. The maximum Gasteiger partial charge on any atom is 0.329 e. The van der Waals surface area contributed by atoms with E-state index in [9.17, 15) is 19.5 Å². The van der Waals surface area contributed by atoms with E-state index in [0.29, 0.717) is 36.6 Å². The summed E-state index contributed by atoms with van der Waals surface area (Å²) in [6, 6.07) is 4.32. The number of nitrogens with one attached hydrogen (secondary N) is 2. The second-order valence-corrected chi connectivity index (χ2v) is 6.51. The van der Waals surface area contributed by atoms with Gasteiger partial charge < -0.3 is 15.7 Å². The summed E-state index contributed by atoms with van der Waals surface area (Å²) < 4.78 is 0. The van der Waals surface area contributed by atoms with Gasteiger partial charge in [0.2, 0.25) is 0 Å². The number of hydrogen-bond donors (Lipinski definition) is 3. The van der Waals surface area contributed by atoms with E-state index in [1.165, 1.54) is 17.0 Å². The Labute approximate surface area is 144 Å². The number of benzene rings is 1. The number of carbonyl (C=O) groups excluding carboxylic acids is 2. The summed E-state index contributed by atoms with van der Waals surface area (Å²) >= 11 is 6.15. The van der Waals surface area contributed by atoms with Crippen LogP contribution in [0.4, 0.5) is 10.5 Å². The number of amides is 3. The summed E-state index contributed by atoms with van der Waals surface area (Å²) in [6.45, 7) is 0.969. The molecule has 0 aromatic heterocycles. The first-order valence-corrected chi connectivity index (χ1v) is 8.22. The number of carboxylic acids is 1. The van der Waals surface area contributed by atoms with Crippen molar-refractivity contribution < 1.29 is 19.5 Å². The van der Waals surface area contributed by atoms with Crippen molar-refractivity contribution in [3.63, 3.8) is 0 Å². The van der Waals surface area contributed by atoms with Crippen molar-refractivity contribution in [3.05, 3.63) is 28.8 Å². The van der Waals surface area contributed by atoms with Gasteiger partial charge in [-0.1, -0.05) is 24.4 Å². The third-order valence-corrected chi connectivity index (χ3v) is 4.89. The molecule has 1 aromatic carbocycles. The van der Waals surface area contributed by atoms with Crippen molar-refractivity contribution in [1.29, 1.82) is 0 Å². The van der Waals surface area contributed by atoms with Crippen molar-refractivity contribution in [1.82, 2.24) is 10.6 Å². The molecule has 0 atom stereocenters. The molecule has 1 heterocycles. The lowest BCUT2D eigenvalue weighted by Crippen LogP contribution is -2.52. The molecule has 2 aliphatic rings. The van der Waals surface area contributed by atoms with E-state index in [1.54, 1.807) is 6.07 Å². The van der Waals surface area contributed by atoms with Crippen LogP contribution in [-0.4, -0.2) is 41.6 Å². The lowest BCUT2D eigenvalue weighted by Gasteiger charge is -2.25. The third kappa shape index (κ3) is 2.91. The zero-order chi connectivity index (χ0) is 17.3. The highest BCUT2D eigenvalue weighted by Gasteiger charge is 2.42. The number of carboxylic acid groups (broad SMARTS) is 1. The highest BCUT2D eigenvalue weighted by atomic mass is 35.5. The molecule has 1 saturated carbocycles. The number of carbonyl (C=O) groups is 3. The van der Waals surface area contributed by atoms with Crippen LogP contribution in [0.1, 0.15) is 36.0 Å². The van der Waals surface area contributed by atoms with E-state index in [0.717, 1.165) is 12.8 Å². The molecule has 0 spiro atoms. The Morgan fingerprint density at radius 2 is 2.00 bits per heavy atom. The summed E-state index contributed by atoms with van der Waals surface area (Å²) in [5, 5.41) is 15.2. The van der Waals surface area contributed by atoms with E-state index in [4.69, 9.17) is 11.6 Å². The fraction of sp³-hybridized carbons (Fsp3) is 0.438. The second kappa shape index (κ2) is 6.32. The summed E-state index contributed by atoms with van der Waals surface area (Å²) in [7, 11) is 0. The predicted octanol–water partition coefficient (Wildman–Crippen LogP) is 2.00. The van der Waals surface area contributed by atoms with E-state index < -0.39 is 17.4 Å². The second-order valence-electron chi connectivity index (χ2n) is 6.10. The fourth-order valence-electron chi connectivity index (χ4n) is 3.22. The molecule has 3 rings (SSSR count). The maximum atomic E-state index is 12.5. The molecule has 1 aliphatic carbocycles. The average Bonchev–Trinajstić information content (AvgIpc) is 3.17. The molecular formula is C16H18ClN3O4. The number of halogens is 1. The normalized spacial score (nSPS) is 19.2. The maximum absolute atomic E-state index is 12.5. The first-order valence-electron chi connectivity index (χ1n) is 7.84. The molecule has 1 saturated heterocycles. The summed E-state index contributed by atoms with van der Waals surface area (Å²) in [5.74, 6) is -1.49. The molecule has 24 heavy (non-hydrogen) atoms. The number of nitrogens with zero attached hydrogens (tertiary/aromatic N) is 1. The fourth-order valence-corrected chi connectivity index (χ4v) is 3.44. The van der Waals surface area contributed by atoms with Crippen molar-refractivity contribution in [2.24, 2.45) is 0 Å². The molecule has 7 nitrogen and oxygen atoms in total. The standard InChI is InChI=1S/C16H18ClN3O4/c17-11-4-3-10(9-12(11)20-8-7-18-15(20)24)13(21)19-16(14(22)23)5-1-2-6-16/h3-4,9H,1-2,5-8H2,(H,18,24)(H,19,21)(H,22,23). The molecule has 1 aliphatic heterocycles. The highest BCUT2D eigenvalue weighted by molar-refractivity contribution is 6.34. The Morgan fingerprint density at radius 3 is 2.58 bits per heavy atom. The Bertz CT molecular complexity index is 701. The molecule has 3 N–H and O–H groups in total. The Kier molecular flexibility index (Phi) is 4.36. The lowest BCUT2D eigenvalue weighted by molar-refractivity contribution is -0.144. The summed E-state index contributed by atoms with van der Waals surface area (Å²) in [5.41, 5.74) is -0.487. The molecule has 0 unspecified atom stereocenters. The van der Waals surface area contributed by atoms with Gasteiger partial charge in [0.25, 0.3) is 5.91 Å². The molecule has 0 radical (unpaired) electrons. The van der Waals surface area contributed by atoms with E-state index >= 15 is 0 Å². The minimum absolute atomic E-state index is 0.271. The van der Waals surface area contributed by atoms with Crippen LogP contribution in [0.5, 0.6) is 0 Å². The number of anilines is 1. The quantitative estimate of drug-likeness (QED) is 0.772. The Hall–Kier alpha value is -2.28. The van der Waals surface area contributed by atoms with Crippen molar-refractivity contribution >= 4 is 35.2 Å². The van der Waals surface area contributed by atoms with Crippen LogP contribution in [-0.2, 0) is 4.79 Å². The topological polar surface area (TPSA) is 98.7 Å². The molecule has 0 bridgehead atoms. The monoisotopic (exact) mass is 351 g/mol. The van der Waals surface area contributed by atoms with Gasteiger partial charge in [0.15, 0.2) is 0 Å². The Balaban J connectivity index is 1.85. The van der Waals surface area contributed by atoms with Crippen LogP contribution >= 0.6 is 11.6 Å². The SMILES string of the molecule is O=C(NC1(C(=O)O)CCCC1)c1ccc(Cl)c(N2CCNC2=O)c1. The Morgan fingerprint density at radius 1 is 1.29 bits per heavy atom. The molecule has 2 fully saturated rings. The van der Waals surface area contributed by atoms with Crippen LogP contribution in [0.15, 0.2) is 18.2 Å². The van der Waals surface area contributed by atoms with Gasteiger partial charge in [0, 0.05) is 18.7 Å². The van der Waals surface area contributed by atoms with Crippen molar-refractivity contribution in [2.75, 3.05) is 18.0 Å². The minimum Gasteiger partial charge on any atom is -0.480 e.